The Morgan fingerprint density at radius 2 is 1.82 bits per heavy atom. The van der Waals surface area contributed by atoms with Gasteiger partial charge in [0.05, 0.1) is 6.04 Å². The number of carbonyl (C=O) groups is 1. The predicted octanol–water partition coefficient (Wildman–Crippen LogP) is 8.20. The molecule has 0 bridgehead atoms. The van der Waals surface area contributed by atoms with Gasteiger partial charge in [-0.25, -0.2) is 0 Å². The van der Waals surface area contributed by atoms with Gasteiger partial charge in [0, 0.05) is 51.2 Å². The standard InChI is InChI=1S/C34H31N3O/c1-3-37-31-13-5-4-10-26(31)29-19-22(14-17-32(29)37)33-27-12-7-11-25(27)28-20-24(15-16-30(28)36-33)35-34(38)23-9-6-8-21(2)18-23/h4-11,13-20,25,27,33,36H,3,12H2,1-2H3,(H,35,38). The Morgan fingerprint density at radius 3 is 2.68 bits per heavy atom. The summed E-state index contributed by atoms with van der Waals surface area (Å²) >= 11 is 0. The Morgan fingerprint density at radius 1 is 0.947 bits per heavy atom. The minimum atomic E-state index is -0.0756. The third-order valence-electron chi connectivity index (χ3n) is 8.37. The Kier molecular flexibility index (Phi) is 5.36. The Bertz CT molecular complexity index is 1740. The van der Waals surface area contributed by atoms with Gasteiger partial charge < -0.3 is 15.2 Å². The average molecular weight is 498 g/mol. The Labute approximate surface area is 223 Å². The van der Waals surface area contributed by atoms with Gasteiger partial charge in [0.15, 0.2) is 0 Å². The van der Waals surface area contributed by atoms with E-state index in [-0.39, 0.29) is 11.9 Å². The fraction of sp³-hybridized carbons (Fsp3) is 0.206. The van der Waals surface area contributed by atoms with Crippen LogP contribution in [0.25, 0.3) is 21.8 Å². The molecule has 38 heavy (non-hydrogen) atoms. The van der Waals surface area contributed by atoms with Gasteiger partial charge in [-0.3, -0.25) is 4.79 Å². The summed E-state index contributed by atoms with van der Waals surface area (Å²) in [5.41, 5.74) is 8.92. The number of anilines is 2. The molecule has 2 N–H and O–H groups in total. The van der Waals surface area contributed by atoms with Crippen LogP contribution in [0.5, 0.6) is 0 Å². The van der Waals surface area contributed by atoms with Gasteiger partial charge in [0.1, 0.15) is 0 Å². The van der Waals surface area contributed by atoms with Crippen LogP contribution >= 0.6 is 0 Å². The number of para-hydroxylation sites is 1. The van der Waals surface area contributed by atoms with E-state index in [1.165, 1.54) is 32.9 Å². The average Bonchev–Trinajstić information content (AvgIpc) is 3.56. The summed E-state index contributed by atoms with van der Waals surface area (Å²) in [6.45, 7) is 5.17. The Balaban J connectivity index is 1.23. The number of allylic oxidation sites excluding steroid dienone is 2. The lowest BCUT2D eigenvalue weighted by Crippen LogP contribution is -2.29. The number of hydrogen-bond donors (Lipinski definition) is 2. The van der Waals surface area contributed by atoms with Crippen LogP contribution in [0.3, 0.4) is 0 Å². The molecule has 188 valence electrons. The molecule has 2 heterocycles. The largest absolute Gasteiger partial charge is 0.378 e. The quantitative estimate of drug-likeness (QED) is 0.246. The van der Waals surface area contributed by atoms with Crippen molar-refractivity contribution in [2.45, 2.75) is 38.8 Å². The topological polar surface area (TPSA) is 46.1 Å². The first-order valence-corrected chi connectivity index (χ1v) is 13.6. The van der Waals surface area contributed by atoms with Crippen LogP contribution in [0.1, 0.15) is 52.4 Å². The van der Waals surface area contributed by atoms with Crippen LogP contribution in [0, 0.1) is 12.8 Å². The first kappa shape index (κ1) is 22.9. The van der Waals surface area contributed by atoms with E-state index in [2.05, 4.69) is 88.9 Å². The number of hydrogen-bond acceptors (Lipinski definition) is 2. The molecule has 0 radical (unpaired) electrons. The summed E-state index contributed by atoms with van der Waals surface area (Å²) in [4.78, 5) is 12.9. The molecular formula is C34H31N3O. The SMILES string of the molecule is CCn1c2ccccc2c2cc(C3Nc4ccc(NC(=O)c5cccc(C)c5)cc4C4C=CCC43)ccc21. The molecule has 2 aliphatic rings. The van der Waals surface area contributed by atoms with E-state index >= 15 is 0 Å². The van der Waals surface area contributed by atoms with Crippen LogP contribution in [0.4, 0.5) is 11.4 Å². The molecule has 4 aromatic carbocycles. The smallest absolute Gasteiger partial charge is 0.255 e. The molecule has 4 nitrogen and oxygen atoms in total. The van der Waals surface area contributed by atoms with Gasteiger partial charge in [0.2, 0.25) is 0 Å². The van der Waals surface area contributed by atoms with Gasteiger partial charge >= 0.3 is 0 Å². The van der Waals surface area contributed by atoms with Crippen LogP contribution in [-0.4, -0.2) is 10.5 Å². The van der Waals surface area contributed by atoms with Crippen molar-refractivity contribution in [1.29, 1.82) is 0 Å². The molecule has 4 heteroatoms. The molecule has 1 aliphatic carbocycles. The van der Waals surface area contributed by atoms with Crippen LogP contribution < -0.4 is 10.6 Å². The summed E-state index contributed by atoms with van der Waals surface area (Å²) in [6.07, 6.45) is 5.71. The van der Waals surface area contributed by atoms with Crippen molar-refractivity contribution in [1.82, 2.24) is 4.57 Å². The fourth-order valence-electron chi connectivity index (χ4n) is 6.60. The van der Waals surface area contributed by atoms with Crippen molar-refractivity contribution in [3.8, 4) is 0 Å². The first-order valence-electron chi connectivity index (χ1n) is 13.6. The zero-order chi connectivity index (χ0) is 25.8. The van der Waals surface area contributed by atoms with Crippen molar-refractivity contribution < 1.29 is 4.79 Å². The molecule has 0 spiro atoms. The molecule has 0 saturated heterocycles. The van der Waals surface area contributed by atoms with E-state index in [4.69, 9.17) is 0 Å². The monoisotopic (exact) mass is 497 g/mol. The van der Waals surface area contributed by atoms with E-state index in [1.807, 2.05) is 37.3 Å². The van der Waals surface area contributed by atoms with Gasteiger partial charge in [-0.15, -0.1) is 0 Å². The summed E-state index contributed by atoms with van der Waals surface area (Å²) in [5.74, 6) is 0.676. The maximum Gasteiger partial charge on any atom is 0.255 e. The minimum absolute atomic E-state index is 0.0756. The van der Waals surface area contributed by atoms with E-state index in [0.29, 0.717) is 17.4 Å². The second kappa shape index (κ2) is 8.91. The normalized spacial score (nSPS) is 19.8. The highest BCUT2D eigenvalue weighted by molar-refractivity contribution is 6.08. The minimum Gasteiger partial charge on any atom is -0.378 e. The zero-order valence-electron chi connectivity index (χ0n) is 21.7. The van der Waals surface area contributed by atoms with Crippen molar-refractivity contribution in [2.75, 3.05) is 10.6 Å². The third kappa shape index (κ3) is 3.63. The van der Waals surface area contributed by atoms with Gasteiger partial charge in [0.25, 0.3) is 5.91 Å². The number of carbonyl (C=O) groups excluding carboxylic acids is 1. The van der Waals surface area contributed by atoms with Crippen LogP contribution in [0.15, 0.2) is 97.1 Å². The number of benzene rings is 4. The van der Waals surface area contributed by atoms with E-state index < -0.39 is 0 Å². The molecule has 3 atom stereocenters. The van der Waals surface area contributed by atoms with Gasteiger partial charge in [-0.05, 0) is 85.8 Å². The summed E-state index contributed by atoms with van der Waals surface area (Å²) < 4.78 is 2.41. The molecule has 0 saturated carbocycles. The highest BCUT2D eigenvalue weighted by atomic mass is 16.1. The van der Waals surface area contributed by atoms with Gasteiger partial charge in [-0.2, -0.15) is 0 Å². The van der Waals surface area contributed by atoms with Crippen molar-refractivity contribution >= 4 is 39.1 Å². The molecule has 1 aromatic heterocycles. The Hall–Kier alpha value is -4.31. The second-order valence-corrected chi connectivity index (χ2v) is 10.6. The molecule has 5 aromatic rings. The summed E-state index contributed by atoms with van der Waals surface area (Å²) in [7, 11) is 0. The zero-order valence-corrected chi connectivity index (χ0v) is 21.7. The van der Waals surface area contributed by atoms with Crippen molar-refractivity contribution in [3.05, 3.63) is 119 Å². The maximum absolute atomic E-state index is 12.9. The number of nitrogens with zero attached hydrogens (tertiary/aromatic N) is 1. The molecule has 1 aliphatic heterocycles. The molecule has 1 amide bonds. The van der Waals surface area contributed by atoms with E-state index in [0.717, 1.165) is 29.9 Å². The van der Waals surface area contributed by atoms with E-state index in [1.54, 1.807) is 0 Å². The van der Waals surface area contributed by atoms with Crippen LogP contribution in [-0.2, 0) is 6.54 Å². The molecule has 7 rings (SSSR count). The molecule has 0 fully saturated rings. The lowest BCUT2D eigenvalue weighted by atomic mass is 9.76. The highest BCUT2D eigenvalue weighted by Gasteiger charge is 2.38. The lowest BCUT2D eigenvalue weighted by molar-refractivity contribution is 0.102. The maximum atomic E-state index is 12.9. The number of rotatable bonds is 4. The number of nitrogens with one attached hydrogen (secondary N) is 2. The number of fused-ring (bicyclic) bond motifs is 6. The third-order valence-corrected chi connectivity index (χ3v) is 8.37. The fourth-order valence-corrected chi connectivity index (χ4v) is 6.60. The van der Waals surface area contributed by atoms with Crippen molar-refractivity contribution in [3.63, 3.8) is 0 Å². The van der Waals surface area contributed by atoms with E-state index in [9.17, 15) is 4.79 Å². The number of aromatic nitrogens is 1. The van der Waals surface area contributed by atoms with Crippen molar-refractivity contribution in [2.24, 2.45) is 5.92 Å². The first-order chi connectivity index (χ1) is 18.6. The highest BCUT2D eigenvalue weighted by Crippen LogP contribution is 2.50. The summed E-state index contributed by atoms with van der Waals surface area (Å²) in [6, 6.07) is 29.9. The van der Waals surface area contributed by atoms with Crippen LogP contribution in [0.2, 0.25) is 0 Å². The lowest BCUT2D eigenvalue weighted by Gasteiger charge is -2.38. The summed E-state index contributed by atoms with van der Waals surface area (Å²) in [5, 5.41) is 9.63. The van der Waals surface area contributed by atoms with Gasteiger partial charge in [-0.1, -0.05) is 54.1 Å². The molecule has 3 unspecified atom stereocenters. The predicted molar refractivity (Wildman–Crippen MR) is 157 cm³/mol. The second-order valence-electron chi connectivity index (χ2n) is 10.6. The molecular weight excluding hydrogens is 466 g/mol. The number of aryl methyl sites for hydroxylation is 2. The number of amides is 1.